The molecular weight excluding hydrogens is 380 g/mol. The molecular formula is C17H20F4N6O. The molecule has 11 heteroatoms. The van der Waals surface area contributed by atoms with Crippen molar-refractivity contribution in [3.63, 3.8) is 0 Å². The molecule has 0 radical (unpaired) electrons. The Balaban J connectivity index is 1.82. The Bertz CT molecular complexity index is 839. The Labute approximate surface area is 159 Å². The average Bonchev–Trinajstić information content (AvgIpc) is 2.62. The van der Waals surface area contributed by atoms with Crippen LogP contribution in [0.3, 0.4) is 0 Å². The van der Waals surface area contributed by atoms with Gasteiger partial charge in [0.05, 0.1) is 5.56 Å². The van der Waals surface area contributed by atoms with Crippen LogP contribution in [0.25, 0.3) is 0 Å². The Morgan fingerprint density at radius 3 is 2.43 bits per heavy atom. The summed E-state index contributed by atoms with van der Waals surface area (Å²) in [7, 11) is 2.00. The highest BCUT2D eigenvalue weighted by Gasteiger charge is 2.32. The van der Waals surface area contributed by atoms with Crippen LogP contribution in [-0.2, 0) is 6.18 Å². The molecule has 1 saturated heterocycles. The zero-order valence-corrected chi connectivity index (χ0v) is 15.4. The van der Waals surface area contributed by atoms with E-state index in [1.165, 1.54) is 6.92 Å². The molecule has 1 aliphatic rings. The van der Waals surface area contributed by atoms with Gasteiger partial charge in [0.15, 0.2) is 23.5 Å². The molecule has 1 atom stereocenters. The number of ether oxygens (including phenoxy) is 1. The third kappa shape index (κ3) is 4.58. The highest BCUT2D eigenvalue weighted by molar-refractivity contribution is 5.36. The fourth-order valence-corrected chi connectivity index (χ4v) is 2.74. The van der Waals surface area contributed by atoms with Crippen molar-refractivity contribution >= 4 is 11.9 Å². The van der Waals surface area contributed by atoms with E-state index in [0.717, 1.165) is 13.1 Å². The Morgan fingerprint density at radius 1 is 1.11 bits per heavy atom. The lowest BCUT2D eigenvalue weighted by molar-refractivity contribution is -0.137. The molecule has 2 N–H and O–H groups in total. The van der Waals surface area contributed by atoms with Crippen molar-refractivity contribution in [3.05, 3.63) is 35.4 Å². The van der Waals surface area contributed by atoms with E-state index < -0.39 is 29.4 Å². The van der Waals surface area contributed by atoms with E-state index in [2.05, 4.69) is 19.9 Å². The van der Waals surface area contributed by atoms with Gasteiger partial charge in [0.1, 0.15) is 0 Å². The summed E-state index contributed by atoms with van der Waals surface area (Å²) in [6.45, 7) is 4.53. The summed E-state index contributed by atoms with van der Waals surface area (Å²) in [5.74, 6) is -1.03. The van der Waals surface area contributed by atoms with E-state index in [1.807, 2.05) is 11.9 Å². The lowest BCUT2D eigenvalue weighted by Crippen LogP contribution is -2.45. The minimum atomic E-state index is -4.61. The van der Waals surface area contributed by atoms with Crippen molar-refractivity contribution in [1.29, 1.82) is 0 Å². The number of rotatable bonds is 4. The zero-order chi connectivity index (χ0) is 20.5. The van der Waals surface area contributed by atoms with Gasteiger partial charge >= 0.3 is 6.18 Å². The maximum absolute atomic E-state index is 13.9. The average molecular weight is 400 g/mol. The molecule has 1 aliphatic heterocycles. The first-order valence-corrected chi connectivity index (χ1v) is 8.62. The highest BCUT2D eigenvalue weighted by Crippen LogP contribution is 2.34. The summed E-state index contributed by atoms with van der Waals surface area (Å²) in [5, 5.41) is 0. The summed E-state index contributed by atoms with van der Waals surface area (Å²) in [4.78, 5) is 16.5. The lowest BCUT2D eigenvalue weighted by Gasteiger charge is -2.32. The summed E-state index contributed by atoms with van der Waals surface area (Å²) in [6, 6.07) is 1.97. The molecule has 7 nitrogen and oxygen atoms in total. The number of likely N-dealkylation sites (N-methyl/N-ethyl adjacent to an activating group) is 1. The molecule has 1 fully saturated rings. The molecule has 2 aromatic rings. The van der Waals surface area contributed by atoms with E-state index in [0.29, 0.717) is 37.2 Å². The molecule has 3 rings (SSSR count). The second-order valence-corrected chi connectivity index (χ2v) is 6.55. The lowest BCUT2D eigenvalue weighted by atomic mass is 10.2. The molecule has 0 aliphatic carbocycles. The van der Waals surface area contributed by atoms with Crippen LogP contribution in [-0.4, -0.2) is 53.1 Å². The number of nitrogens with two attached hydrogens (primary N) is 1. The predicted octanol–water partition coefficient (Wildman–Crippen LogP) is 2.50. The second-order valence-electron chi connectivity index (χ2n) is 6.55. The third-order valence-corrected chi connectivity index (χ3v) is 4.37. The van der Waals surface area contributed by atoms with E-state index in [-0.39, 0.29) is 11.8 Å². The van der Waals surface area contributed by atoms with Gasteiger partial charge in [0.25, 0.3) is 0 Å². The number of alkyl halides is 3. The van der Waals surface area contributed by atoms with Crippen molar-refractivity contribution in [2.24, 2.45) is 0 Å². The van der Waals surface area contributed by atoms with Crippen LogP contribution in [0.2, 0.25) is 0 Å². The van der Waals surface area contributed by atoms with Gasteiger partial charge < -0.3 is 20.3 Å². The van der Waals surface area contributed by atoms with Crippen molar-refractivity contribution in [2.45, 2.75) is 19.2 Å². The molecule has 0 bridgehead atoms. The van der Waals surface area contributed by atoms with Crippen LogP contribution in [0.5, 0.6) is 5.75 Å². The van der Waals surface area contributed by atoms with E-state index in [9.17, 15) is 17.6 Å². The minimum absolute atomic E-state index is 0.0427. The highest BCUT2D eigenvalue weighted by atomic mass is 19.4. The van der Waals surface area contributed by atoms with Crippen molar-refractivity contribution in [1.82, 2.24) is 19.9 Å². The van der Waals surface area contributed by atoms with Gasteiger partial charge in [-0.1, -0.05) is 0 Å². The largest absolute Gasteiger partial charge is 0.480 e. The van der Waals surface area contributed by atoms with Gasteiger partial charge in [-0.25, -0.2) is 4.39 Å². The van der Waals surface area contributed by atoms with Gasteiger partial charge in [-0.3, -0.25) is 0 Å². The van der Waals surface area contributed by atoms with E-state index in [1.54, 1.807) is 0 Å². The Kier molecular flexibility index (Phi) is 5.54. The predicted molar refractivity (Wildman–Crippen MR) is 94.4 cm³/mol. The van der Waals surface area contributed by atoms with Crippen LogP contribution >= 0.6 is 0 Å². The number of benzene rings is 1. The smallest absolute Gasteiger partial charge is 0.416 e. The van der Waals surface area contributed by atoms with Crippen LogP contribution in [0.4, 0.5) is 29.5 Å². The Hall–Kier alpha value is -2.69. The molecule has 0 saturated carbocycles. The third-order valence-electron chi connectivity index (χ3n) is 4.37. The van der Waals surface area contributed by atoms with Crippen molar-refractivity contribution < 1.29 is 22.3 Å². The Morgan fingerprint density at radius 2 is 1.79 bits per heavy atom. The molecule has 2 heterocycles. The molecule has 28 heavy (non-hydrogen) atoms. The van der Waals surface area contributed by atoms with Crippen molar-refractivity contribution in [3.8, 4) is 5.75 Å². The number of halogens is 4. The SMILES string of the molecule is CC(Oc1cc(C(F)(F)F)ccc1F)c1nc(N)nc(N2CCN(C)CC2)n1. The van der Waals surface area contributed by atoms with Crippen LogP contribution in [0.15, 0.2) is 18.2 Å². The van der Waals surface area contributed by atoms with Gasteiger partial charge in [0.2, 0.25) is 11.9 Å². The first kappa shape index (κ1) is 20.1. The molecule has 1 unspecified atom stereocenters. The maximum atomic E-state index is 13.9. The zero-order valence-electron chi connectivity index (χ0n) is 15.4. The van der Waals surface area contributed by atoms with E-state index >= 15 is 0 Å². The molecule has 0 spiro atoms. The number of aromatic nitrogens is 3. The quantitative estimate of drug-likeness (QED) is 0.790. The van der Waals surface area contributed by atoms with Crippen molar-refractivity contribution in [2.75, 3.05) is 43.9 Å². The van der Waals surface area contributed by atoms with Crippen LogP contribution in [0.1, 0.15) is 24.4 Å². The van der Waals surface area contributed by atoms with Gasteiger partial charge in [-0.05, 0) is 32.2 Å². The van der Waals surface area contributed by atoms with Crippen LogP contribution < -0.4 is 15.4 Å². The molecule has 1 aromatic carbocycles. The number of hydrogen-bond acceptors (Lipinski definition) is 7. The van der Waals surface area contributed by atoms with Crippen LogP contribution in [0, 0.1) is 5.82 Å². The summed E-state index contributed by atoms with van der Waals surface area (Å²) in [5.41, 5.74) is 4.75. The fourth-order valence-electron chi connectivity index (χ4n) is 2.74. The maximum Gasteiger partial charge on any atom is 0.416 e. The summed E-state index contributed by atoms with van der Waals surface area (Å²) >= 11 is 0. The second kappa shape index (κ2) is 7.74. The first-order chi connectivity index (χ1) is 13.1. The first-order valence-electron chi connectivity index (χ1n) is 8.62. The standard InChI is InChI=1S/C17H20F4N6O/c1-10(28-13-9-11(17(19,20)21)3-4-12(13)18)14-23-15(22)25-16(24-14)27-7-5-26(2)6-8-27/h3-4,9-10H,5-8H2,1-2H3,(H2,22,23,24,25). The number of nitrogens with zero attached hydrogens (tertiary/aromatic N) is 5. The summed E-state index contributed by atoms with van der Waals surface area (Å²) < 4.78 is 57.9. The van der Waals surface area contributed by atoms with Gasteiger partial charge in [0, 0.05) is 26.2 Å². The number of hydrogen-bond donors (Lipinski definition) is 1. The normalized spacial score (nSPS) is 16.9. The minimum Gasteiger partial charge on any atom is -0.480 e. The number of piperazine rings is 1. The number of nitrogen functional groups attached to an aromatic ring is 1. The molecule has 152 valence electrons. The summed E-state index contributed by atoms with van der Waals surface area (Å²) in [6.07, 6.45) is -5.55. The van der Waals surface area contributed by atoms with Gasteiger partial charge in [-0.15, -0.1) is 0 Å². The van der Waals surface area contributed by atoms with E-state index in [4.69, 9.17) is 10.5 Å². The van der Waals surface area contributed by atoms with Gasteiger partial charge in [-0.2, -0.15) is 28.1 Å². The fraction of sp³-hybridized carbons (Fsp3) is 0.471. The molecule has 1 aromatic heterocycles. The monoisotopic (exact) mass is 400 g/mol. The number of anilines is 2. The molecule has 0 amide bonds. The topological polar surface area (TPSA) is 80.4 Å².